The van der Waals surface area contributed by atoms with Gasteiger partial charge in [-0.1, -0.05) is 25.8 Å². The molecule has 0 unspecified atom stereocenters. The van der Waals surface area contributed by atoms with Crippen molar-refractivity contribution in [3.63, 3.8) is 0 Å². The molecule has 4 heteroatoms. The van der Waals surface area contributed by atoms with E-state index in [0.717, 1.165) is 30.5 Å². The molecule has 2 aromatic rings. The van der Waals surface area contributed by atoms with Crippen molar-refractivity contribution in [2.24, 2.45) is 0 Å². The zero-order valence-electron chi connectivity index (χ0n) is 12.0. The Labute approximate surface area is 119 Å². The number of aryl methyl sites for hydroxylation is 1. The van der Waals surface area contributed by atoms with E-state index < -0.39 is 0 Å². The fourth-order valence-corrected chi connectivity index (χ4v) is 2.25. The largest absolute Gasteiger partial charge is 0.365 e. The van der Waals surface area contributed by atoms with Crippen molar-refractivity contribution >= 4 is 5.91 Å². The maximum absolute atomic E-state index is 12.3. The summed E-state index contributed by atoms with van der Waals surface area (Å²) in [4.78, 5) is 19.5. The van der Waals surface area contributed by atoms with Crippen LogP contribution in [0.25, 0.3) is 0 Å². The summed E-state index contributed by atoms with van der Waals surface area (Å²) < 4.78 is 0. The van der Waals surface area contributed by atoms with Crippen molar-refractivity contribution in [3.05, 3.63) is 53.6 Å². The number of unbranched alkanes of at least 4 members (excludes halogenated alkanes) is 1. The lowest BCUT2D eigenvalue weighted by Gasteiger charge is -2.18. The van der Waals surface area contributed by atoms with Crippen LogP contribution in [-0.4, -0.2) is 15.9 Å². The molecule has 2 rings (SSSR count). The molecule has 1 amide bonds. The zero-order chi connectivity index (χ0) is 14.4. The highest BCUT2D eigenvalue weighted by Crippen LogP contribution is 2.19. The van der Waals surface area contributed by atoms with Crippen molar-refractivity contribution in [2.45, 2.75) is 39.2 Å². The first kappa shape index (κ1) is 14.3. The molecule has 0 aliphatic carbocycles. The zero-order valence-corrected chi connectivity index (χ0v) is 12.0. The topological polar surface area (TPSA) is 57.8 Å². The molecule has 2 aromatic heterocycles. The first-order valence-corrected chi connectivity index (χ1v) is 7.07. The molecular formula is C16H21N3O. The smallest absolute Gasteiger partial charge is 0.253 e. The number of aromatic nitrogens is 2. The van der Waals surface area contributed by atoms with Crippen LogP contribution in [0, 0.1) is 6.92 Å². The van der Waals surface area contributed by atoms with E-state index in [9.17, 15) is 4.79 Å². The van der Waals surface area contributed by atoms with Crippen LogP contribution in [0.4, 0.5) is 0 Å². The summed E-state index contributed by atoms with van der Waals surface area (Å²) in [6.07, 6.45) is 8.47. The molecule has 0 fully saturated rings. The summed E-state index contributed by atoms with van der Waals surface area (Å²) in [6.45, 7) is 4.05. The Hall–Kier alpha value is -2.10. The Balaban J connectivity index is 2.12. The van der Waals surface area contributed by atoms with E-state index in [0.29, 0.717) is 5.56 Å². The van der Waals surface area contributed by atoms with Crippen molar-refractivity contribution in [2.75, 3.05) is 0 Å². The van der Waals surface area contributed by atoms with Gasteiger partial charge in [0, 0.05) is 24.3 Å². The van der Waals surface area contributed by atoms with E-state index in [1.54, 1.807) is 12.4 Å². The third-order valence-corrected chi connectivity index (χ3v) is 3.44. The van der Waals surface area contributed by atoms with E-state index in [2.05, 4.69) is 22.2 Å². The Morgan fingerprint density at radius 2 is 2.30 bits per heavy atom. The highest BCUT2D eigenvalue weighted by atomic mass is 16.1. The lowest BCUT2D eigenvalue weighted by Crippen LogP contribution is -2.28. The van der Waals surface area contributed by atoms with Crippen LogP contribution in [0.5, 0.6) is 0 Å². The molecule has 0 bridgehead atoms. The second kappa shape index (κ2) is 6.89. The molecule has 106 valence electrons. The number of aromatic amines is 1. The van der Waals surface area contributed by atoms with Crippen LogP contribution in [-0.2, 0) is 0 Å². The number of pyridine rings is 1. The van der Waals surface area contributed by atoms with E-state index in [-0.39, 0.29) is 11.9 Å². The fraction of sp³-hybridized carbons (Fsp3) is 0.375. The third-order valence-electron chi connectivity index (χ3n) is 3.44. The summed E-state index contributed by atoms with van der Waals surface area (Å²) in [6, 6.07) is 5.75. The van der Waals surface area contributed by atoms with E-state index in [1.807, 2.05) is 31.3 Å². The molecule has 0 aromatic carbocycles. The quantitative estimate of drug-likeness (QED) is 0.846. The Morgan fingerprint density at radius 3 is 2.90 bits per heavy atom. The van der Waals surface area contributed by atoms with E-state index in [4.69, 9.17) is 0 Å². The van der Waals surface area contributed by atoms with Crippen molar-refractivity contribution in [3.8, 4) is 0 Å². The molecule has 1 atom stereocenters. The predicted molar refractivity (Wildman–Crippen MR) is 79.5 cm³/mol. The molecule has 0 spiro atoms. The number of nitrogens with one attached hydrogen (secondary N) is 2. The lowest BCUT2D eigenvalue weighted by molar-refractivity contribution is 0.0933. The number of hydrogen-bond acceptors (Lipinski definition) is 2. The van der Waals surface area contributed by atoms with Gasteiger partial charge >= 0.3 is 0 Å². The van der Waals surface area contributed by atoms with Gasteiger partial charge in [0.05, 0.1) is 11.6 Å². The molecule has 2 heterocycles. The standard InChI is InChI=1S/C16H21N3O/c1-3-4-7-15(13-6-5-9-17-11-13)19-16(20)14-8-10-18-12(14)2/h5-6,8-11,15,18H,3-4,7H2,1-2H3,(H,19,20)/t15-/m1/s1. The average Bonchev–Trinajstić information content (AvgIpc) is 2.90. The molecule has 4 nitrogen and oxygen atoms in total. The Kier molecular flexibility index (Phi) is 4.93. The molecule has 0 saturated heterocycles. The number of rotatable bonds is 6. The normalized spacial score (nSPS) is 12.1. The maximum atomic E-state index is 12.3. The van der Waals surface area contributed by atoms with Gasteiger partial charge in [-0.3, -0.25) is 9.78 Å². The maximum Gasteiger partial charge on any atom is 0.253 e. The summed E-state index contributed by atoms with van der Waals surface area (Å²) in [7, 11) is 0. The minimum absolute atomic E-state index is 0.0189. The second-order valence-electron chi connectivity index (χ2n) is 4.97. The SMILES string of the molecule is CCCC[C@@H](NC(=O)c1cc[nH]c1C)c1cccnc1. The van der Waals surface area contributed by atoms with Crippen molar-refractivity contribution in [1.82, 2.24) is 15.3 Å². The number of carbonyl (C=O) groups excluding carboxylic acids is 1. The average molecular weight is 271 g/mol. The number of H-pyrrole nitrogens is 1. The van der Waals surface area contributed by atoms with Crippen LogP contribution < -0.4 is 5.32 Å². The molecule has 0 radical (unpaired) electrons. The molecular weight excluding hydrogens is 250 g/mol. The van der Waals surface area contributed by atoms with Crippen molar-refractivity contribution in [1.29, 1.82) is 0 Å². The van der Waals surface area contributed by atoms with Gasteiger partial charge in [0.15, 0.2) is 0 Å². The van der Waals surface area contributed by atoms with Crippen molar-refractivity contribution < 1.29 is 4.79 Å². The summed E-state index contributed by atoms with van der Waals surface area (Å²) in [5.41, 5.74) is 2.65. The molecule has 2 N–H and O–H groups in total. The van der Waals surface area contributed by atoms with Gasteiger partial charge < -0.3 is 10.3 Å². The second-order valence-corrected chi connectivity index (χ2v) is 4.97. The lowest BCUT2D eigenvalue weighted by atomic mass is 10.0. The number of nitrogens with zero attached hydrogens (tertiary/aromatic N) is 1. The Morgan fingerprint density at radius 1 is 1.45 bits per heavy atom. The highest BCUT2D eigenvalue weighted by molar-refractivity contribution is 5.95. The summed E-state index contributed by atoms with van der Waals surface area (Å²) in [5, 5.41) is 3.11. The van der Waals surface area contributed by atoms with Gasteiger partial charge in [-0.25, -0.2) is 0 Å². The number of amides is 1. The van der Waals surface area contributed by atoms with Crippen LogP contribution in [0.15, 0.2) is 36.8 Å². The first-order chi connectivity index (χ1) is 9.72. The summed E-state index contributed by atoms with van der Waals surface area (Å²) >= 11 is 0. The van der Waals surface area contributed by atoms with Crippen LogP contribution in [0.1, 0.15) is 53.8 Å². The van der Waals surface area contributed by atoms with Gasteiger partial charge in [0.1, 0.15) is 0 Å². The number of hydrogen-bond donors (Lipinski definition) is 2. The summed E-state index contributed by atoms with van der Waals surface area (Å²) in [5.74, 6) is -0.0336. The molecule has 20 heavy (non-hydrogen) atoms. The third kappa shape index (κ3) is 3.47. The highest BCUT2D eigenvalue weighted by Gasteiger charge is 2.17. The van der Waals surface area contributed by atoms with Gasteiger partial charge in [-0.15, -0.1) is 0 Å². The van der Waals surface area contributed by atoms with Crippen LogP contribution >= 0.6 is 0 Å². The van der Waals surface area contributed by atoms with Gasteiger partial charge in [-0.2, -0.15) is 0 Å². The van der Waals surface area contributed by atoms with Gasteiger partial charge in [0.2, 0.25) is 0 Å². The monoisotopic (exact) mass is 271 g/mol. The molecule has 0 aliphatic heterocycles. The minimum Gasteiger partial charge on any atom is -0.365 e. The molecule has 0 saturated carbocycles. The van der Waals surface area contributed by atoms with E-state index in [1.165, 1.54) is 0 Å². The van der Waals surface area contributed by atoms with Crippen LogP contribution in [0.2, 0.25) is 0 Å². The Bertz CT molecular complexity index is 548. The first-order valence-electron chi connectivity index (χ1n) is 7.07. The number of carbonyl (C=O) groups is 1. The fourth-order valence-electron chi connectivity index (χ4n) is 2.25. The van der Waals surface area contributed by atoms with E-state index >= 15 is 0 Å². The van der Waals surface area contributed by atoms with Gasteiger partial charge in [0.25, 0.3) is 5.91 Å². The minimum atomic E-state index is -0.0336. The molecule has 0 aliphatic rings. The van der Waals surface area contributed by atoms with Crippen LogP contribution in [0.3, 0.4) is 0 Å². The predicted octanol–water partition coefficient (Wildman–Crippen LogP) is 3.38. The van der Waals surface area contributed by atoms with Gasteiger partial charge in [-0.05, 0) is 31.0 Å².